The van der Waals surface area contributed by atoms with Crippen LogP contribution in [0.5, 0.6) is 0 Å². The molecule has 12 heavy (non-hydrogen) atoms. The molecule has 0 spiro atoms. The van der Waals surface area contributed by atoms with Crippen molar-refractivity contribution in [1.29, 1.82) is 0 Å². The molecule has 0 atom stereocenters. The Labute approximate surface area is 73.9 Å². The van der Waals surface area contributed by atoms with Crippen molar-refractivity contribution in [1.82, 2.24) is 9.78 Å². The van der Waals surface area contributed by atoms with Crippen molar-refractivity contribution >= 4 is 6.08 Å². The van der Waals surface area contributed by atoms with E-state index in [0.29, 0.717) is 5.92 Å². The minimum absolute atomic E-state index is 0.664. The molecule has 0 saturated heterocycles. The van der Waals surface area contributed by atoms with Crippen LogP contribution in [0.4, 0.5) is 0 Å². The molecule has 2 heteroatoms. The maximum atomic E-state index is 4.37. The maximum absolute atomic E-state index is 4.37. The molecule has 1 heterocycles. The molecule has 0 aliphatic rings. The van der Waals surface area contributed by atoms with Gasteiger partial charge in [0.25, 0.3) is 0 Å². The van der Waals surface area contributed by atoms with Gasteiger partial charge in [0.1, 0.15) is 0 Å². The van der Waals surface area contributed by atoms with Crippen LogP contribution in [-0.2, 0) is 13.5 Å². The van der Waals surface area contributed by atoms with E-state index >= 15 is 0 Å². The van der Waals surface area contributed by atoms with Crippen LogP contribution in [0, 0.1) is 5.92 Å². The molecule has 0 aliphatic carbocycles. The van der Waals surface area contributed by atoms with Gasteiger partial charge in [0.2, 0.25) is 0 Å². The fourth-order valence-corrected chi connectivity index (χ4v) is 1.25. The highest BCUT2D eigenvalue weighted by atomic mass is 15.3. The number of aromatic nitrogens is 2. The third-order valence-corrected chi connectivity index (χ3v) is 1.79. The van der Waals surface area contributed by atoms with Crippen molar-refractivity contribution in [2.24, 2.45) is 13.0 Å². The van der Waals surface area contributed by atoms with E-state index in [0.717, 1.165) is 17.8 Å². The SMILES string of the molecule is C=Cc1cc(CC(C)C)nn1C. The lowest BCUT2D eigenvalue weighted by molar-refractivity contribution is 0.620. The molecule has 0 saturated carbocycles. The first-order valence-electron chi connectivity index (χ1n) is 4.29. The van der Waals surface area contributed by atoms with E-state index in [1.54, 1.807) is 0 Å². The summed E-state index contributed by atoms with van der Waals surface area (Å²) in [6, 6.07) is 2.09. The van der Waals surface area contributed by atoms with Gasteiger partial charge >= 0.3 is 0 Å². The van der Waals surface area contributed by atoms with Crippen molar-refractivity contribution in [3.05, 3.63) is 24.0 Å². The Balaban J connectivity index is 2.82. The fraction of sp³-hybridized carbons (Fsp3) is 0.500. The fourth-order valence-electron chi connectivity index (χ4n) is 1.25. The van der Waals surface area contributed by atoms with E-state index in [1.165, 1.54) is 0 Å². The number of hydrogen-bond donors (Lipinski definition) is 0. The molecular weight excluding hydrogens is 148 g/mol. The Morgan fingerprint density at radius 2 is 2.33 bits per heavy atom. The summed E-state index contributed by atoms with van der Waals surface area (Å²) in [4.78, 5) is 0. The van der Waals surface area contributed by atoms with E-state index in [9.17, 15) is 0 Å². The van der Waals surface area contributed by atoms with E-state index in [-0.39, 0.29) is 0 Å². The van der Waals surface area contributed by atoms with Crippen molar-refractivity contribution in [3.8, 4) is 0 Å². The summed E-state index contributed by atoms with van der Waals surface area (Å²) in [6.07, 6.45) is 2.87. The Morgan fingerprint density at radius 1 is 1.67 bits per heavy atom. The summed E-state index contributed by atoms with van der Waals surface area (Å²) in [5.74, 6) is 0.664. The van der Waals surface area contributed by atoms with Gasteiger partial charge in [0.15, 0.2) is 0 Å². The number of rotatable bonds is 3. The second kappa shape index (κ2) is 3.57. The van der Waals surface area contributed by atoms with Crippen LogP contribution in [0.1, 0.15) is 25.2 Å². The van der Waals surface area contributed by atoms with Crippen LogP contribution in [-0.4, -0.2) is 9.78 Å². The zero-order chi connectivity index (χ0) is 9.14. The minimum atomic E-state index is 0.664. The first-order chi connectivity index (χ1) is 5.63. The topological polar surface area (TPSA) is 17.8 Å². The molecule has 0 aromatic carbocycles. The third kappa shape index (κ3) is 1.97. The maximum Gasteiger partial charge on any atom is 0.0633 e. The summed E-state index contributed by atoms with van der Waals surface area (Å²) in [5, 5.41) is 4.37. The number of nitrogens with zero attached hydrogens (tertiary/aromatic N) is 2. The highest BCUT2D eigenvalue weighted by molar-refractivity contribution is 5.42. The molecule has 2 nitrogen and oxygen atoms in total. The normalized spacial score (nSPS) is 10.7. The van der Waals surface area contributed by atoms with Gasteiger partial charge in [0, 0.05) is 7.05 Å². The van der Waals surface area contributed by atoms with E-state index in [2.05, 4.69) is 31.6 Å². The highest BCUT2D eigenvalue weighted by Crippen LogP contribution is 2.09. The number of aryl methyl sites for hydroxylation is 1. The predicted molar refractivity (Wildman–Crippen MR) is 51.8 cm³/mol. The predicted octanol–water partition coefficient (Wildman–Crippen LogP) is 2.26. The highest BCUT2D eigenvalue weighted by Gasteiger charge is 2.03. The standard InChI is InChI=1S/C10H16N2/c1-5-10-7-9(6-8(2)3)11-12(10)4/h5,7-8H,1,6H2,2-4H3. The Bertz CT molecular complexity index is 271. The second-order valence-corrected chi connectivity index (χ2v) is 3.49. The Kier molecular flexibility index (Phi) is 2.69. The second-order valence-electron chi connectivity index (χ2n) is 3.49. The van der Waals surface area contributed by atoms with E-state index in [1.807, 2.05) is 17.8 Å². The quantitative estimate of drug-likeness (QED) is 0.670. The zero-order valence-corrected chi connectivity index (χ0v) is 8.04. The smallest absolute Gasteiger partial charge is 0.0633 e. The molecule has 0 radical (unpaired) electrons. The lowest BCUT2D eigenvalue weighted by Crippen LogP contribution is -1.97. The molecule has 0 fully saturated rings. The molecule has 0 amide bonds. The molecule has 1 rings (SSSR count). The van der Waals surface area contributed by atoms with E-state index in [4.69, 9.17) is 0 Å². The molecule has 1 aromatic heterocycles. The Morgan fingerprint density at radius 3 is 2.75 bits per heavy atom. The van der Waals surface area contributed by atoms with Crippen LogP contribution in [0.25, 0.3) is 6.08 Å². The van der Waals surface area contributed by atoms with Crippen LogP contribution in [0.2, 0.25) is 0 Å². The molecule has 1 aromatic rings. The monoisotopic (exact) mass is 164 g/mol. The third-order valence-electron chi connectivity index (χ3n) is 1.79. The van der Waals surface area contributed by atoms with Gasteiger partial charge < -0.3 is 0 Å². The van der Waals surface area contributed by atoms with Gasteiger partial charge in [-0.1, -0.05) is 20.4 Å². The van der Waals surface area contributed by atoms with Crippen molar-refractivity contribution in [3.63, 3.8) is 0 Å². The lowest BCUT2D eigenvalue weighted by Gasteiger charge is -1.98. The first-order valence-corrected chi connectivity index (χ1v) is 4.29. The van der Waals surface area contributed by atoms with Crippen LogP contribution in [0.15, 0.2) is 12.6 Å². The summed E-state index contributed by atoms with van der Waals surface area (Å²) in [7, 11) is 1.95. The van der Waals surface area contributed by atoms with Gasteiger partial charge in [0.05, 0.1) is 11.4 Å². The van der Waals surface area contributed by atoms with Crippen molar-refractivity contribution in [2.75, 3.05) is 0 Å². The van der Waals surface area contributed by atoms with Crippen LogP contribution < -0.4 is 0 Å². The van der Waals surface area contributed by atoms with E-state index < -0.39 is 0 Å². The van der Waals surface area contributed by atoms with Gasteiger partial charge in [-0.05, 0) is 24.5 Å². The largest absolute Gasteiger partial charge is 0.268 e. The minimum Gasteiger partial charge on any atom is -0.268 e. The molecule has 66 valence electrons. The zero-order valence-electron chi connectivity index (χ0n) is 8.04. The first kappa shape index (κ1) is 9.04. The van der Waals surface area contributed by atoms with Gasteiger partial charge in [-0.2, -0.15) is 5.10 Å². The van der Waals surface area contributed by atoms with Gasteiger partial charge in [-0.3, -0.25) is 4.68 Å². The van der Waals surface area contributed by atoms with Gasteiger partial charge in [-0.15, -0.1) is 0 Å². The molecule has 0 unspecified atom stereocenters. The molecule has 0 N–H and O–H groups in total. The Hall–Kier alpha value is -1.05. The van der Waals surface area contributed by atoms with Crippen LogP contribution >= 0.6 is 0 Å². The summed E-state index contributed by atoms with van der Waals surface area (Å²) < 4.78 is 1.87. The average molecular weight is 164 g/mol. The summed E-state index contributed by atoms with van der Waals surface area (Å²) in [6.45, 7) is 8.12. The van der Waals surface area contributed by atoms with Crippen molar-refractivity contribution in [2.45, 2.75) is 20.3 Å². The summed E-state index contributed by atoms with van der Waals surface area (Å²) in [5.41, 5.74) is 2.24. The molecule has 0 aliphatic heterocycles. The molecular formula is C10H16N2. The summed E-state index contributed by atoms with van der Waals surface area (Å²) >= 11 is 0. The lowest BCUT2D eigenvalue weighted by atomic mass is 10.1. The van der Waals surface area contributed by atoms with Crippen molar-refractivity contribution < 1.29 is 0 Å². The van der Waals surface area contributed by atoms with Gasteiger partial charge in [-0.25, -0.2) is 0 Å². The molecule has 0 bridgehead atoms. The van der Waals surface area contributed by atoms with Crippen LogP contribution in [0.3, 0.4) is 0 Å². The number of hydrogen-bond acceptors (Lipinski definition) is 1. The average Bonchev–Trinajstić information content (AvgIpc) is 2.29.